The first kappa shape index (κ1) is 13.1. The quantitative estimate of drug-likeness (QED) is 0.903. The average Bonchev–Trinajstić information content (AvgIpc) is 2.85. The second-order valence-electron chi connectivity index (χ2n) is 4.02. The van der Waals surface area contributed by atoms with Crippen LogP contribution in [0.25, 0.3) is 0 Å². The Balaban J connectivity index is 2.36. The number of halogens is 1. The van der Waals surface area contributed by atoms with Crippen LogP contribution in [0.3, 0.4) is 0 Å². The summed E-state index contributed by atoms with van der Waals surface area (Å²) in [5.74, 6) is 0. The molecule has 1 unspecified atom stereocenters. The van der Waals surface area contributed by atoms with Gasteiger partial charge in [-0.3, -0.25) is 0 Å². The largest absolute Gasteiger partial charge is 0.305 e. The van der Waals surface area contributed by atoms with Crippen molar-refractivity contribution in [1.29, 1.82) is 0 Å². The molecule has 2 rings (SSSR count). The van der Waals surface area contributed by atoms with Gasteiger partial charge in [-0.2, -0.15) is 0 Å². The molecule has 1 atom stereocenters. The fourth-order valence-electron chi connectivity index (χ4n) is 1.99. The molecule has 0 bridgehead atoms. The standard InChI is InChI=1S/C13H17ClN4/c1-3-15-13(10-5-7-11(14)8-6-10)12-9-16-17-18(12)4-2/h5-9,13,15H,3-4H2,1-2H3. The van der Waals surface area contributed by atoms with Crippen LogP contribution >= 0.6 is 11.6 Å². The number of nitrogens with one attached hydrogen (secondary N) is 1. The van der Waals surface area contributed by atoms with E-state index in [0.29, 0.717) is 0 Å². The van der Waals surface area contributed by atoms with Crippen molar-refractivity contribution in [2.45, 2.75) is 26.4 Å². The third-order valence-electron chi connectivity index (χ3n) is 2.85. The monoisotopic (exact) mass is 264 g/mol. The smallest absolute Gasteiger partial charge is 0.0801 e. The highest BCUT2D eigenvalue weighted by molar-refractivity contribution is 6.30. The Morgan fingerprint density at radius 2 is 2.00 bits per heavy atom. The van der Waals surface area contributed by atoms with Gasteiger partial charge in [0.25, 0.3) is 0 Å². The minimum Gasteiger partial charge on any atom is -0.305 e. The summed E-state index contributed by atoms with van der Waals surface area (Å²) >= 11 is 5.93. The summed E-state index contributed by atoms with van der Waals surface area (Å²) in [5.41, 5.74) is 2.24. The van der Waals surface area contributed by atoms with Gasteiger partial charge in [0.05, 0.1) is 17.9 Å². The van der Waals surface area contributed by atoms with Crippen molar-refractivity contribution in [2.24, 2.45) is 0 Å². The van der Waals surface area contributed by atoms with E-state index in [1.54, 1.807) is 0 Å². The summed E-state index contributed by atoms with van der Waals surface area (Å²) in [4.78, 5) is 0. The number of rotatable bonds is 5. The van der Waals surface area contributed by atoms with E-state index in [2.05, 4.69) is 29.5 Å². The normalized spacial score (nSPS) is 12.6. The fraction of sp³-hybridized carbons (Fsp3) is 0.385. The Morgan fingerprint density at radius 1 is 1.28 bits per heavy atom. The first-order chi connectivity index (χ1) is 8.76. The molecule has 0 amide bonds. The van der Waals surface area contributed by atoms with Gasteiger partial charge in [0.1, 0.15) is 0 Å². The van der Waals surface area contributed by atoms with E-state index in [0.717, 1.165) is 23.8 Å². The molecule has 0 fully saturated rings. The van der Waals surface area contributed by atoms with Crippen LogP contribution in [0.1, 0.15) is 31.1 Å². The van der Waals surface area contributed by atoms with Crippen LogP contribution in [-0.2, 0) is 6.54 Å². The number of nitrogens with zero attached hydrogens (tertiary/aromatic N) is 3. The van der Waals surface area contributed by atoms with Crippen molar-refractivity contribution in [1.82, 2.24) is 20.3 Å². The Hall–Kier alpha value is -1.39. The second kappa shape index (κ2) is 5.98. The van der Waals surface area contributed by atoms with Crippen LogP contribution in [0.4, 0.5) is 0 Å². The topological polar surface area (TPSA) is 42.7 Å². The predicted molar refractivity (Wildman–Crippen MR) is 72.7 cm³/mol. The van der Waals surface area contributed by atoms with Gasteiger partial charge >= 0.3 is 0 Å². The van der Waals surface area contributed by atoms with Crippen LogP contribution < -0.4 is 5.32 Å². The number of benzene rings is 1. The molecule has 0 aliphatic carbocycles. The lowest BCUT2D eigenvalue weighted by atomic mass is 10.0. The predicted octanol–water partition coefficient (Wildman–Crippen LogP) is 2.65. The summed E-state index contributed by atoms with van der Waals surface area (Å²) in [6.45, 7) is 5.83. The molecule has 0 spiro atoms. The maximum absolute atomic E-state index is 5.93. The molecule has 5 heteroatoms. The fourth-order valence-corrected chi connectivity index (χ4v) is 2.11. The molecule has 0 saturated heterocycles. The van der Waals surface area contributed by atoms with Gasteiger partial charge in [-0.25, -0.2) is 4.68 Å². The molecular weight excluding hydrogens is 248 g/mol. The minimum atomic E-state index is 0.0993. The van der Waals surface area contributed by atoms with Crippen LogP contribution in [0, 0.1) is 0 Å². The van der Waals surface area contributed by atoms with Gasteiger partial charge < -0.3 is 5.32 Å². The summed E-state index contributed by atoms with van der Waals surface area (Å²) in [7, 11) is 0. The molecule has 0 aliphatic rings. The first-order valence-electron chi connectivity index (χ1n) is 6.13. The number of hydrogen-bond acceptors (Lipinski definition) is 3. The molecule has 0 saturated carbocycles. The van der Waals surface area contributed by atoms with E-state index in [9.17, 15) is 0 Å². The lowest BCUT2D eigenvalue weighted by molar-refractivity contribution is 0.534. The van der Waals surface area contributed by atoms with Gasteiger partial charge in [-0.05, 0) is 31.2 Å². The van der Waals surface area contributed by atoms with Crippen LogP contribution in [0.5, 0.6) is 0 Å². The number of aryl methyl sites for hydroxylation is 1. The van der Waals surface area contributed by atoms with Crippen molar-refractivity contribution < 1.29 is 0 Å². The van der Waals surface area contributed by atoms with E-state index in [4.69, 9.17) is 11.6 Å². The summed E-state index contributed by atoms with van der Waals surface area (Å²) in [5, 5.41) is 12.3. The molecule has 0 radical (unpaired) electrons. The van der Waals surface area contributed by atoms with Crippen molar-refractivity contribution in [3.8, 4) is 0 Å². The lowest BCUT2D eigenvalue weighted by Gasteiger charge is -2.18. The maximum atomic E-state index is 5.93. The van der Waals surface area contributed by atoms with E-state index < -0.39 is 0 Å². The van der Waals surface area contributed by atoms with Gasteiger partial charge in [0.2, 0.25) is 0 Å². The Labute approximate surface area is 112 Å². The Morgan fingerprint density at radius 3 is 2.61 bits per heavy atom. The van der Waals surface area contributed by atoms with Gasteiger partial charge in [-0.15, -0.1) is 5.10 Å². The highest BCUT2D eigenvalue weighted by atomic mass is 35.5. The zero-order valence-corrected chi connectivity index (χ0v) is 11.4. The number of hydrogen-bond donors (Lipinski definition) is 1. The molecule has 18 heavy (non-hydrogen) atoms. The second-order valence-corrected chi connectivity index (χ2v) is 4.45. The zero-order valence-electron chi connectivity index (χ0n) is 10.6. The van der Waals surface area contributed by atoms with Crippen LogP contribution in [0.2, 0.25) is 5.02 Å². The molecule has 2 aromatic rings. The van der Waals surface area contributed by atoms with E-state index in [1.807, 2.05) is 35.1 Å². The summed E-state index contributed by atoms with van der Waals surface area (Å²) in [6.07, 6.45) is 1.81. The third kappa shape index (κ3) is 2.71. The molecule has 1 heterocycles. The van der Waals surface area contributed by atoms with E-state index in [1.165, 1.54) is 5.56 Å². The van der Waals surface area contributed by atoms with Crippen molar-refractivity contribution in [3.63, 3.8) is 0 Å². The molecule has 4 nitrogen and oxygen atoms in total. The lowest BCUT2D eigenvalue weighted by Crippen LogP contribution is -2.24. The van der Waals surface area contributed by atoms with Gasteiger partial charge in [0, 0.05) is 11.6 Å². The van der Waals surface area contributed by atoms with Crippen molar-refractivity contribution in [3.05, 3.63) is 46.7 Å². The van der Waals surface area contributed by atoms with Crippen molar-refractivity contribution >= 4 is 11.6 Å². The molecule has 1 aromatic carbocycles. The van der Waals surface area contributed by atoms with E-state index >= 15 is 0 Å². The molecule has 1 N–H and O–H groups in total. The van der Waals surface area contributed by atoms with E-state index in [-0.39, 0.29) is 6.04 Å². The van der Waals surface area contributed by atoms with Crippen LogP contribution in [0.15, 0.2) is 30.5 Å². The van der Waals surface area contributed by atoms with Gasteiger partial charge in [-0.1, -0.05) is 35.9 Å². The summed E-state index contributed by atoms with van der Waals surface area (Å²) < 4.78 is 1.90. The summed E-state index contributed by atoms with van der Waals surface area (Å²) in [6, 6.07) is 7.97. The SMILES string of the molecule is CCNC(c1ccc(Cl)cc1)c1cnnn1CC. The Bertz CT molecular complexity index is 492. The average molecular weight is 265 g/mol. The van der Waals surface area contributed by atoms with Crippen LogP contribution in [-0.4, -0.2) is 21.5 Å². The highest BCUT2D eigenvalue weighted by Gasteiger charge is 2.17. The number of aromatic nitrogens is 3. The third-order valence-corrected chi connectivity index (χ3v) is 3.11. The maximum Gasteiger partial charge on any atom is 0.0801 e. The molecular formula is C13H17ClN4. The molecule has 1 aromatic heterocycles. The molecule has 0 aliphatic heterocycles. The highest BCUT2D eigenvalue weighted by Crippen LogP contribution is 2.22. The zero-order chi connectivity index (χ0) is 13.0. The molecule has 96 valence electrons. The van der Waals surface area contributed by atoms with Crippen molar-refractivity contribution in [2.75, 3.05) is 6.54 Å². The minimum absolute atomic E-state index is 0.0993. The Kier molecular flexibility index (Phi) is 4.33. The first-order valence-corrected chi connectivity index (χ1v) is 6.51. The van der Waals surface area contributed by atoms with Gasteiger partial charge in [0.15, 0.2) is 0 Å².